The van der Waals surface area contributed by atoms with E-state index in [1.807, 2.05) is 43.3 Å². The van der Waals surface area contributed by atoms with Gasteiger partial charge in [0.05, 0.1) is 0 Å². The number of amides is 1. The third-order valence-corrected chi connectivity index (χ3v) is 2.71. The topological polar surface area (TPSA) is 32.3 Å². The van der Waals surface area contributed by atoms with Crippen molar-refractivity contribution in [1.82, 2.24) is 10.2 Å². The zero-order valence-electron chi connectivity index (χ0n) is 8.93. The molecule has 1 saturated heterocycles. The summed E-state index contributed by atoms with van der Waals surface area (Å²) in [7, 11) is 0. The van der Waals surface area contributed by atoms with Gasteiger partial charge in [-0.1, -0.05) is 30.3 Å². The summed E-state index contributed by atoms with van der Waals surface area (Å²) in [5.41, 5.74) is 1.53. The average Bonchev–Trinajstić information content (AvgIpc) is 2.55. The van der Waals surface area contributed by atoms with E-state index in [-0.39, 0.29) is 5.91 Å². The molecule has 0 aromatic heterocycles. The van der Waals surface area contributed by atoms with Crippen molar-refractivity contribution in [3.63, 3.8) is 0 Å². The molecule has 1 aromatic carbocycles. The molecular formula is C12H12N2OS. The highest BCUT2D eigenvalue weighted by Gasteiger charge is 2.28. The summed E-state index contributed by atoms with van der Waals surface area (Å²) in [5, 5.41) is 3.40. The molecule has 1 N–H and O–H groups in total. The normalized spacial score (nSPS) is 18.1. The lowest BCUT2D eigenvalue weighted by Crippen LogP contribution is -2.30. The Bertz CT molecular complexity index is 453. The van der Waals surface area contributed by atoms with E-state index in [0.29, 0.717) is 17.4 Å². The Balaban J connectivity index is 2.27. The Hall–Kier alpha value is -1.68. The van der Waals surface area contributed by atoms with Crippen molar-refractivity contribution >= 4 is 29.3 Å². The summed E-state index contributed by atoms with van der Waals surface area (Å²) >= 11 is 5.06. The Morgan fingerprint density at radius 1 is 1.38 bits per heavy atom. The van der Waals surface area contributed by atoms with Gasteiger partial charge in [-0.15, -0.1) is 0 Å². The maximum absolute atomic E-state index is 11.9. The first-order valence-corrected chi connectivity index (χ1v) is 5.53. The minimum atomic E-state index is -0.0589. The van der Waals surface area contributed by atoms with E-state index in [0.717, 1.165) is 5.56 Å². The minimum Gasteiger partial charge on any atom is -0.328 e. The van der Waals surface area contributed by atoms with E-state index >= 15 is 0 Å². The molecule has 2 rings (SSSR count). The molecule has 0 saturated carbocycles. The molecule has 16 heavy (non-hydrogen) atoms. The predicted molar refractivity (Wildman–Crippen MR) is 67.5 cm³/mol. The summed E-state index contributed by atoms with van der Waals surface area (Å²) < 4.78 is 0. The van der Waals surface area contributed by atoms with E-state index in [1.165, 1.54) is 0 Å². The van der Waals surface area contributed by atoms with E-state index in [9.17, 15) is 4.79 Å². The summed E-state index contributed by atoms with van der Waals surface area (Å²) in [6.45, 7) is 2.49. The first-order valence-electron chi connectivity index (χ1n) is 5.12. The zero-order chi connectivity index (χ0) is 11.5. The SMILES string of the molecule is CCN1C(=O)/C(=C/c2ccccc2)NC1=S. The van der Waals surface area contributed by atoms with Crippen LogP contribution in [0.4, 0.5) is 0 Å². The number of hydrogen-bond donors (Lipinski definition) is 1. The van der Waals surface area contributed by atoms with Gasteiger partial charge in [-0.05, 0) is 30.8 Å². The van der Waals surface area contributed by atoms with E-state index in [4.69, 9.17) is 12.2 Å². The fraction of sp³-hybridized carbons (Fsp3) is 0.167. The predicted octanol–water partition coefficient (Wildman–Crippen LogP) is 1.76. The second-order valence-electron chi connectivity index (χ2n) is 3.45. The molecule has 1 aromatic rings. The number of likely N-dealkylation sites (N-methyl/N-ethyl adjacent to an activating group) is 1. The number of nitrogens with zero attached hydrogens (tertiary/aromatic N) is 1. The first kappa shape index (κ1) is 10.8. The van der Waals surface area contributed by atoms with Gasteiger partial charge in [-0.25, -0.2) is 0 Å². The highest BCUT2D eigenvalue weighted by molar-refractivity contribution is 7.80. The third-order valence-electron chi connectivity index (χ3n) is 2.39. The van der Waals surface area contributed by atoms with Crippen LogP contribution in [0.3, 0.4) is 0 Å². The van der Waals surface area contributed by atoms with Crippen LogP contribution in [0.5, 0.6) is 0 Å². The van der Waals surface area contributed by atoms with Crippen LogP contribution in [0.15, 0.2) is 36.0 Å². The quantitative estimate of drug-likeness (QED) is 0.623. The molecule has 1 aliphatic rings. The second-order valence-corrected chi connectivity index (χ2v) is 3.83. The van der Waals surface area contributed by atoms with E-state index in [1.54, 1.807) is 4.90 Å². The Labute approximate surface area is 99.8 Å². The van der Waals surface area contributed by atoms with Gasteiger partial charge in [0.2, 0.25) is 0 Å². The molecule has 0 radical (unpaired) electrons. The molecular weight excluding hydrogens is 220 g/mol. The van der Waals surface area contributed by atoms with Crippen LogP contribution < -0.4 is 5.32 Å². The van der Waals surface area contributed by atoms with Crippen LogP contribution in [0.2, 0.25) is 0 Å². The zero-order valence-corrected chi connectivity index (χ0v) is 9.75. The summed E-state index contributed by atoms with van der Waals surface area (Å²) in [6, 6.07) is 9.69. The van der Waals surface area contributed by atoms with Crippen LogP contribution >= 0.6 is 12.2 Å². The lowest BCUT2D eigenvalue weighted by molar-refractivity contribution is -0.122. The number of benzene rings is 1. The molecule has 0 bridgehead atoms. The van der Waals surface area contributed by atoms with Gasteiger partial charge in [0, 0.05) is 6.54 Å². The molecule has 82 valence electrons. The molecule has 0 spiro atoms. The van der Waals surface area contributed by atoms with Gasteiger partial charge >= 0.3 is 0 Å². The third kappa shape index (κ3) is 1.97. The molecule has 0 unspecified atom stereocenters. The van der Waals surface area contributed by atoms with Crippen LogP contribution in [0.1, 0.15) is 12.5 Å². The van der Waals surface area contributed by atoms with Crippen LogP contribution in [0, 0.1) is 0 Å². The molecule has 0 atom stereocenters. The average molecular weight is 232 g/mol. The first-order chi connectivity index (χ1) is 7.72. The molecule has 3 nitrogen and oxygen atoms in total. The summed E-state index contributed by atoms with van der Waals surface area (Å²) in [5.74, 6) is -0.0589. The van der Waals surface area contributed by atoms with Crippen molar-refractivity contribution in [2.75, 3.05) is 6.54 Å². The summed E-state index contributed by atoms with van der Waals surface area (Å²) in [4.78, 5) is 13.4. The molecule has 1 aliphatic heterocycles. The molecule has 0 aliphatic carbocycles. The smallest absolute Gasteiger partial charge is 0.276 e. The number of carbonyl (C=O) groups excluding carboxylic acids is 1. The molecule has 1 heterocycles. The van der Waals surface area contributed by atoms with Gasteiger partial charge in [0.15, 0.2) is 5.11 Å². The Morgan fingerprint density at radius 2 is 2.06 bits per heavy atom. The van der Waals surface area contributed by atoms with Crippen molar-refractivity contribution in [1.29, 1.82) is 0 Å². The van der Waals surface area contributed by atoms with Crippen molar-refractivity contribution in [3.8, 4) is 0 Å². The molecule has 4 heteroatoms. The fourth-order valence-electron chi connectivity index (χ4n) is 1.57. The highest BCUT2D eigenvalue weighted by Crippen LogP contribution is 2.13. The maximum atomic E-state index is 11.9. The van der Waals surface area contributed by atoms with Crippen molar-refractivity contribution < 1.29 is 4.79 Å². The highest BCUT2D eigenvalue weighted by atomic mass is 32.1. The van der Waals surface area contributed by atoms with Gasteiger partial charge in [-0.2, -0.15) is 0 Å². The molecule has 1 fully saturated rings. The summed E-state index contributed by atoms with van der Waals surface area (Å²) in [6.07, 6.45) is 1.81. The second kappa shape index (κ2) is 4.45. The monoisotopic (exact) mass is 232 g/mol. The van der Waals surface area contributed by atoms with Crippen molar-refractivity contribution in [3.05, 3.63) is 41.6 Å². The molecule has 1 amide bonds. The fourth-order valence-corrected chi connectivity index (χ4v) is 1.90. The maximum Gasteiger partial charge on any atom is 0.276 e. The van der Waals surface area contributed by atoms with E-state index < -0.39 is 0 Å². The van der Waals surface area contributed by atoms with Crippen LogP contribution in [-0.2, 0) is 4.79 Å². The van der Waals surface area contributed by atoms with Gasteiger partial charge in [0.25, 0.3) is 5.91 Å². The minimum absolute atomic E-state index is 0.0589. The van der Waals surface area contributed by atoms with Crippen LogP contribution in [-0.4, -0.2) is 22.5 Å². The standard InChI is InChI=1S/C12H12N2OS/c1-2-14-11(15)10(13-12(14)16)8-9-6-4-3-5-7-9/h3-8H,2H2,1H3,(H,13,16)/b10-8-. The van der Waals surface area contributed by atoms with Gasteiger partial charge in [0.1, 0.15) is 5.70 Å². The largest absolute Gasteiger partial charge is 0.328 e. The number of nitrogens with one attached hydrogen (secondary N) is 1. The van der Waals surface area contributed by atoms with E-state index in [2.05, 4.69) is 5.32 Å². The Kier molecular flexibility index (Phi) is 3.01. The Morgan fingerprint density at radius 3 is 2.62 bits per heavy atom. The van der Waals surface area contributed by atoms with Crippen LogP contribution in [0.25, 0.3) is 6.08 Å². The van der Waals surface area contributed by atoms with Gasteiger partial charge < -0.3 is 5.32 Å². The van der Waals surface area contributed by atoms with Crippen molar-refractivity contribution in [2.24, 2.45) is 0 Å². The number of carbonyl (C=O) groups is 1. The number of hydrogen-bond acceptors (Lipinski definition) is 2. The lowest BCUT2D eigenvalue weighted by atomic mass is 10.2. The lowest BCUT2D eigenvalue weighted by Gasteiger charge is -2.08. The van der Waals surface area contributed by atoms with Crippen molar-refractivity contribution in [2.45, 2.75) is 6.92 Å². The number of rotatable bonds is 2. The number of thiocarbonyl (C=S) groups is 1. The van der Waals surface area contributed by atoms with Gasteiger partial charge in [-0.3, -0.25) is 9.69 Å².